The number of hydrazone groups is 1. The van der Waals surface area contributed by atoms with Crippen LogP contribution >= 0.6 is 0 Å². The Morgan fingerprint density at radius 1 is 1.00 bits per heavy atom. The minimum absolute atomic E-state index is 0.183. The van der Waals surface area contributed by atoms with Crippen LogP contribution in [0.25, 0.3) is 0 Å². The van der Waals surface area contributed by atoms with E-state index in [9.17, 15) is 8.42 Å². The van der Waals surface area contributed by atoms with Gasteiger partial charge < -0.3 is 9.47 Å². The fourth-order valence-corrected chi connectivity index (χ4v) is 3.57. The van der Waals surface area contributed by atoms with Crippen molar-refractivity contribution in [2.24, 2.45) is 5.10 Å². The Morgan fingerprint density at radius 3 is 2.48 bits per heavy atom. The smallest absolute Gasteiger partial charge is 0.276 e. The Balaban J connectivity index is 2.01. The highest BCUT2D eigenvalue weighted by Crippen LogP contribution is 2.27. The van der Waals surface area contributed by atoms with Gasteiger partial charge in [-0.25, -0.2) is 4.83 Å². The van der Waals surface area contributed by atoms with E-state index in [1.54, 1.807) is 43.5 Å². The molecule has 7 heteroatoms. The van der Waals surface area contributed by atoms with Gasteiger partial charge >= 0.3 is 0 Å². The maximum Gasteiger partial charge on any atom is 0.276 e. The Labute approximate surface area is 174 Å². The molecule has 2 aromatic rings. The van der Waals surface area contributed by atoms with Gasteiger partial charge in [0.05, 0.1) is 24.8 Å². The van der Waals surface area contributed by atoms with Crippen molar-refractivity contribution in [2.75, 3.05) is 13.7 Å². The molecule has 0 amide bonds. The fourth-order valence-electron chi connectivity index (χ4n) is 2.70. The van der Waals surface area contributed by atoms with Crippen LogP contribution in [0.2, 0.25) is 0 Å². The van der Waals surface area contributed by atoms with Gasteiger partial charge in [-0.2, -0.15) is 13.5 Å². The lowest BCUT2D eigenvalue weighted by molar-refractivity contribution is 0.285. The van der Waals surface area contributed by atoms with Crippen LogP contribution in [0.4, 0.5) is 0 Å². The van der Waals surface area contributed by atoms with Gasteiger partial charge in [0.2, 0.25) is 0 Å². The number of nitrogens with zero attached hydrogens (tertiary/aromatic N) is 1. The van der Waals surface area contributed by atoms with E-state index in [0.717, 1.165) is 24.0 Å². The molecule has 0 spiro atoms. The number of ether oxygens (including phenoxy) is 2. The summed E-state index contributed by atoms with van der Waals surface area (Å²) in [5.74, 6) is 1.25. The third-order valence-electron chi connectivity index (χ3n) is 4.62. The summed E-state index contributed by atoms with van der Waals surface area (Å²) in [6.07, 6.45) is 5.97. The molecular weight excluding hydrogens is 388 g/mol. The minimum Gasteiger partial charge on any atom is -0.493 e. The van der Waals surface area contributed by atoms with Crippen molar-refractivity contribution in [3.63, 3.8) is 0 Å². The molecule has 6 nitrogen and oxygen atoms in total. The summed E-state index contributed by atoms with van der Waals surface area (Å²) < 4.78 is 35.9. The van der Waals surface area contributed by atoms with Gasteiger partial charge in [0.25, 0.3) is 10.0 Å². The van der Waals surface area contributed by atoms with Gasteiger partial charge in [0.15, 0.2) is 11.5 Å². The Morgan fingerprint density at radius 2 is 1.79 bits per heavy atom. The predicted molar refractivity (Wildman–Crippen MR) is 116 cm³/mol. The predicted octanol–water partition coefficient (Wildman–Crippen LogP) is 4.58. The topological polar surface area (TPSA) is 77.0 Å². The molecule has 0 saturated carbocycles. The van der Waals surface area contributed by atoms with Crippen LogP contribution in [0.5, 0.6) is 11.5 Å². The average Bonchev–Trinajstić information content (AvgIpc) is 2.70. The minimum atomic E-state index is -3.72. The summed E-state index contributed by atoms with van der Waals surface area (Å²) in [5.41, 5.74) is 2.64. The van der Waals surface area contributed by atoms with Crippen molar-refractivity contribution in [1.29, 1.82) is 0 Å². The number of hydrogen-bond acceptors (Lipinski definition) is 5. The first-order valence-corrected chi connectivity index (χ1v) is 11.3. The standard InChI is InChI=1S/C22H30N2O4S/c1-5-6-7-8-13-28-21-12-10-19(15-22(21)27-4)16-23-24-29(25,26)20-11-9-17(2)18(3)14-20/h9-12,14-16,24H,5-8,13H2,1-4H3/b23-16+. The molecule has 2 rings (SSSR count). The fraction of sp³-hybridized carbons (Fsp3) is 0.409. The van der Waals surface area contributed by atoms with Crippen LogP contribution in [0.15, 0.2) is 46.4 Å². The molecule has 0 fully saturated rings. The molecule has 0 atom stereocenters. The molecule has 0 saturated heterocycles. The third kappa shape index (κ3) is 6.78. The van der Waals surface area contributed by atoms with E-state index in [0.29, 0.717) is 23.7 Å². The molecule has 158 valence electrons. The van der Waals surface area contributed by atoms with E-state index in [-0.39, 0.29) is 4.90 Å². The van der Waals surface area contributed by atoms with Gasteiger partial charge in [-0.15, -0.1) is 0 Å². The quantitative estimate of drug-likeness (QED) is 0.329. The molecule has 0 aliphatic rings. The zero-order valence-corrected chi connectivity index (χ0v) is 18.4. The van der Waals surface area contributed by atoms with Crippen LogP contribution in [-0.4, -0.2) is 28.3 Å². The van der Waals surface area contributed by atoms with Crippen molar-refractivity contribution >= 4 is 16.2 Å². The first-order valence-electron chi connectivity index (χ1n) is 9.80. The average molecular weight is 419 g/mol. The SMILES string of the molecule is CCCCCCOc1ccc(/C=N/NS(=O)(=O)c2ccc(C)c(C)c2)cc1OC. The molecule has 0 radical (unpaired) electrons. The number of aryl methyl sites for hydroxylation is 2. The molecule has 29 heavy (non-hydrogen) atoms. The van der Waals surface area contributed by atoms with Crippen molar-refractivity contribution < 1.29 is 17.9 Å². The van der Waals surface area contributed by atoms with E-state index in [1.807, 2.05) is 13.8 Å². The maximum absolute atomic E-state index is 12.4. The molecule has 1 N–H and O–H groups in total. The van der Waals surface area contributed by atoms with Gasteiger partial charge in [-0.05, 0) is 67.3 Å². The molecule has 0 aliphatic carbocycles. The second-order valence-corrected chi connectivity index (χ2v) is 8.58. The van der Waals surface area contributed by atoms with Crippen LogP contribution in [0.1, 0.15) is 49.3 Å². The van der Waals surface area contributed by atoms with Gasteiger partial charge in [0, 0.05) is 0 Å². The number of sulfonamides is 1. The van der Waals surface area contributed by atoms with Gasteiger partial charge in [0.1, 0.15) is 0 Å². The monoisotopic (exact) mass is 418 g/mol. The first kappa shape index (κ1) is 22.7. The first-order chi connectivity index (χ1) is 13.9. The van der Waals surface area contributed by atoms with E-state index in [4.69, 9.17) is 9.47 Å². The van der Waals surface area contributed by atoms with E-state index >= 15 is 0 Å². The number of nitrogens with one attached hydrogen (secondary N) is 1. The highest BCUT2D eigenvalue weighted by molar-refractivity contribution is 7.89. The Hall–Kier alpha value is -2.54. The normalized spacial score (nSPS) is 11.6. The molecule has 2 aromatic carbocycles. The second kappa shape index (κ2) is 10.9. The Bertz CT molecular complexity index is 940. The molecule has 0 bridgehead atoms. The lowest BCUT2D eigenvalue weighted by Gasteiger charge is -2.11. The van der Waals surface area contributed by atoms with Crippen molar-refractivity contribution in [2.45, 2.75) is 51.3 Å². The zero-order valence-electron chi connectivity index (χ0n) is 17.6. The summed E-state index contributed by atoms with van der Waals surface area (Å²) in [4.78, 5) is 2.43. The summed E-state index contributed by atoms with van der Waals surface area (Å²) in [5, 5.41) is 3.88. The summed E-state index contributed by atoms with van der Waals surface area (Å²) in [7, 11) is -2.15. The van der Waals surface area contributed by atoms with Gasteiger partial charge in [-0.1, -0.05) is 32.3 Å². The van der Waals surface area contributed by atoms with Gasteiger partial charge in [-0.3, -0.25) is 0 Å². The summed E-state index contributed by atoms with van der Waals surface area (Å²) >= 11 is 0. The highest BCUT2D eigenvalue weighted by Gasteiger charge is 2.13. The van der Waals surface area contributed by atoms with E-state index in [2.05, 4.69) is 16.9 Å². The summed E-state index contributed by atoms with van der Waals surface area (Å²) in [6.45, 7) is 6.62. The molecular formula is C22H30N2O4S. The largest absolute Gasteiger partial charge is 0.493 e. The van der Waals surface area contributed by atoms with Crippen LogP contribution in [0, 0.1) is 13.8 Å². The van der Waals surface area contributed by atoms with E-state index < -0.39 is 10.0 Å². The van der Waals surface area contributed by atoms with Crippen LogP contribution in [0.3, 0.4) is 0 Å². The lowest BCUT2D eigenvalue weighted by atomic mass is 10.1. The summed E-state index contributed by atoms with van der Waals surface area (Å²) in [6, 6.07) is 10.3. The second-order valence-electron chi connectivity index (χ2n) is 6.92. The van der Waals surface area contributed by atoms with Crippen molar-refractivity contribution in [3.8, 4) is 11.5 Å². The Kier molecular flexibility index (Phi) is 8.51. The molecule has 0 aliphatic heterocycles. The number of rotatable bonds is 11. The number of benzene rings is 2. The van der Waals surface area contributed by atoms with Crippen LogP contribution in [-0.2, 0) is 10.0 Å². The molecule has 0 unspecified atom stereocenters. The lowest BCUT2D eigenvalue weighted by Crippen LogP contribution is -2.18. The molecule has 0 heterocycles. The number of methoxy groups -OCH3 is 1. The number of unbranched alkanes of at least 4 members (excludes halogenated alkanes) is 3. The van der Waals surface area contributed by atoms with Crippen molar-refractivity contribution in [3.05, 3.63) is 53.1 Å². The third-order valence-corrected chi connectivity index (χ3v) is 5.84. The van der Waals surface area contributed by atoms with Crippen molar-refractivity contribution in [1.82, 2.24) is 4.83 Å². The maximum atomic E-state index is 12.4. The number of hydrogen-bond donors (Lipinski definition) is 1. The van der Waals surface area contributed by atoms with E-state index in [1.165, 1.54) is 19.1 Å². The van der Waals surface area contributed by atoms with Crippen LogP contribution < -0.4 is 14.3 Å². The zero-order chi connectivity index (χ0) is 21.3. The highest BCUT2D eigenvalue weighted by atomic mass is 32.2. The molecule has 0 aromatic heterocycles.